The summed E-state index contributed by atoms with van der Waals surface area (Å²) >= 11 is 0. The van der Waals surface area contributed by atoms with Crippen LogP contribution in [-0.4, -0.2) is 5.78 Å². The molecule has 0 N–H and O–H groups in total. The second kappa shape index (κ2) is 13.3. The first kappa shape index (κ1) is 25.1. The van der Waals surface area contributed by atoms with Crippen molar-refractivity contribution in [1.82, 2.24) is 0 Å². The molecular formula is C25H31FO2. The van der Waals surface area contributed by atoms with E-state index in [0.29, 0.717) is 29.9 Å². The highest BCUT2D eigenvalue weighted by Crippen LogP contribution is 2.37. The third-order valence-electron chi connectivity index (χ3n) is 4.03. The molecule has 0 saturated heterocycles. The molecule has 2 rings (SSSR count). The molecule has 0 saturated carbocycles. The molecule has 3 heteroatoms. The van der Waals surface area contributed by atoms with Crippen LogP contribution < -0.4 is 0 Å². The van der Waals surface area contributed by atoms with Gasteiger partial charge in [0.1, 0.15) is 17.3 Å². The first-order valence-electron chi connectivity index (χ1n) is 9.56. The SMILES string of the molecule is C#C.C/C=C\C/C(=C\C)c1oc(C)c(-c2ccc(F)cc2)c1C(=O)CC.CC. The van der Waals surface area contributed by atoms with E-state index >= 15 is 0 Å². The Hall–Kier alpha value is -2.86. The van der Waals surface area contributed by atoms with Crippen LogP contribution in [-0.2, 0) is 0 Å². The average molecular weight is 383 g/mol. The van der Waals surface area contributed by atoms with Crippen molar-refractivity contribution in [2.24, 2.45) is 0 Å². The van der Waals surface area contributed by atoms with Crippen molar-refractivity contribution in [3.8, 4) is 24.0 Å². The van der Waals surface area contributed by atoms with Gasteiger partial charge in [0.25, 0.3) is 0 Å². The summed E-state index contributed by atoms with van der Waals surface area (Å²) in [4.78, 5) is 12.6. The maximum absolute atomic E-state index is 13.2. The molecule has 0 aliphatic carbocycles. The molecule has 1 heterocycles. The maximum atomic E-state index is 13.2. The van der Waals surface area contributed by atoms with Crippen LogP contribution in [0, 0.1) is 25.6 Å². The Morgan fingerprint density at radius 2 is 1.71 bits per heavy atom. The molecule has 0 radical (unpaired) electrons. The van der Waals surface area contributed by atoms with Gasteiger partial charge in [-0.1, -0.05) is 51.1 Å². The van der Waals surface area contributed by atoms with Crippen LogP contribution in [0.1, 0.15) is 69.3 Å². The summed E-state index contributed by atoms with van der Waals surface area (Å²) in [7, 11) is 0. The fraction of sp³-hybridized carbons (Fsp3) is 0.320. The standard InChI is InChI=1S/C21H23FO2.C2H6.C2H2/c1-5-8-9-15(6-2)21-20(18(23)7-3)19(14(4)24-21)16-10-12-17(22)13-11-16;2*1-2/h5-6,8,10-13H,7,9H2,1-4H3;1-2H3;1-2H/b8-5-,15-6+;;. The third-order valence-corrected chi connectivity index (χ3v) is 4.03. The van der Waals surface area contributed by atoms with Gasteiger partial charge in [-0.25, -0.2) is 4.39 Å². The van der Waals surface area contributed by atoms with Crippen molar-refractivity contribution in [1.29, 1.82) is 0 Å². The lowest BCUT2D eigenvalue weighted by molar-refractivity contribution is 0.0987. The predicted octanol–water partition coefficient (Wildman–Crippen LogP) is 7.63. The van der Waals surface area contributed by atoms with Gasteiger partial charge in [0.05, 0.1) is 5.56 Å². The Kier molecular flexibility index (Phi) is 12.0. The molecule has 0 fully saturated rings. The fourth-order valence-corrected chi connectivity index (χ4v) is 2.76. The van der Waals surface area contributed by atoms with E-state index < -0.39 is 0 Å². The van der Waals surface area contributed by atoms with Gasteiger partial charge < -0.3 is 4.42 Å². The van der Waals surface area contributed by atoms with Crippen LogP contribution in [0.3, 0.4) is 0 Å². The van der Waals surface area contributed by atoms with E-state index in [0.717, 1.165) is 16.7 Å². The number of Topliss-reactive ketones (excluding diaryl/α,β-unsaturated/α-hetero) is 1. The molecule has 0 amide bonds. The number of carbonyl (C=O) groups excluding carboxylic acids is 1. The van der Waals surface area contributed by atoms with Crippen LogP contribution in [0.25, 0.3) is 16.7 Å². The van der Waals surface area contributed by atoms with Gasteiger partial charge in [-0.05, 0) is 50.5 Å². The van der Waals surface area contributed by atoms with Crippen molar-refractivity contribution in [3.05, 3.63) is 65.4 Å². The Morgan fingerprint density at radius 1 is 1.14 bits per heavy atom. The normalized spacial score (nSPS) is 10.7. The quantitative estimate of drug-likeness (QED) is 0.292. The van der Waals surface area contributed by atoms with Crippen molar-refractivity contribution in [3.63, 3.8) is 0 Å². The van der Waals surface area contributed by atoms with Crippen molar-refractivity contribution in [2.45, 2.75) is 54.4 Å². The topological polar surface area (TPSA) is 30.2 Å². The molecule has 0 spiro atoms. The lowest BCUT2D eigenvalue weighted by atomic mass is 9.93. The van der Waals surface area contributed by atoms with Crippen LogP contribution in [0.4, 0.5) is 4.39 Å². The number of terminal acetylenes is 1. The predicted molar refractivity (Wildman–Crippen MR) is 118 cm³/mol. The van der Waals surface area contributed by atoms with Crippen LogP contribution in [0.2, 0.25) is 0 Å². The largest absolute Gasteiger partial charge is 0.460 e. The number of ketones is 1. The number of hydrogen-bond acceptors (Lipinski definition) is 2. The van der Waals surface area contributed by atoms with Crippen molar-refractivity contribution >= 4 is 11.4 Å². The smallest absolute Gasteiger partial charge is 0.167 e. The summed E-state index contributed by atoms with van der Waals surface area (Å²) < 4.78 is 19.2. The van der Waals surface area contributed by atoms with Crippen LogP contribution >= 0.6 is 0 Å². The van der Waals surface area contributed by atoms with Gasteiger partial charge in [-0.2, -0.15) is 0 Å². The Morgan fingerprint density at radius 3 is 2.18 bits per heavy atom. The summed E-state index contributed by atoms with van der Waals surface area (Å²) in [6, 6.07) is 6.17. The minimum Gasteiger partial charge on any atom is -0.460 e. The number of halogens is 1. The maximum Gasteiger partial charge on any atom is 0.167 e. The zero-order chi connectivity index (χ0) is 21.7. The molecule has 0 aliphatic heterocycles. The molecule has 1 aromatic carbocycles. The molecule has 0 atom stereocenters. The average Bonchev–Trinajstić information content (AvgIpc) is 3.08. The van der Waals surface area contributed by atoms with E-state index in [1.165, 1.54) is 12.1 Å². The monoisotopic (exact) mass is 382 g/mol. The summed E-state index contributed by atoms with van der Waals surface area (Å²) in [5.41, 5.74) is 3.12. The highest BCUT2D eigenvalue weighted by molar-refractivity contribution is 6.06. The minimum atomic E-state index is -0.300. The van der Waals surface area contributed by atoms with Gasteiger partial charge in [-0.15, -0.1) is 12.8 Å². The van der Waals surface area contributed by atoms with E-state index in [4.69, 9.17) is 4.42 Å². The van der Waals surface area contributed by atoms with E-state index in [-0.39, 0.29) is 11.6 Å². The summed E-state index contributed by atoms with van der Waals surface area (Å²) in [6.07, 6.45) is 15.1. The number of benzene rings is 1. The van der Waals surface area contributed by atoms with Gasteiger partial charge >= 0.3 is 0 Å². The van der Waals surface area contributed by atoms with Gasteiger partial charge in [0, 0.05) is 12.0 Å². The number of carbonyl (C=O) groups is 1. The Bertz CT molecular complexity index is 818. The number of hydrogen-bond donors (Lipinski definition) is 0. The minimum absolute atomic E-state index is 0.0287. The highest BCUT2D eigenvalue weighted by Gasteiger charge is 2.25. The number of aryl methyl sites for hydroxylation is 1. The van der Waals surface area contributed by atoms with Gasteiger partial charge in [0.15, 0.2) is 5.78 Å². The molecule has 2 aromatic rings. The summed E-state index contributed by atoms with van der Waals surface area (Å²) in [5, 5.41) is 0. The zero-order valence-corrected chi connectivity index (χ0v) is 17.8. The number of furan rings is 1. The highest BCUT2D eigenvalue weighted by atomic mass is 19.1. The van der Waals surface area contributed by atoms with E-state index in [2.05, 4.69) is 12.8 Å². The molecular weight excluding hydrogens is 351 g/mol. The van der Waals surface area contributed by atoms with Crippen LogP contribution in [0.15, 0.2) is 46.9 Å². The number of allylic oxidation sites excluding steroid dienone is 4. The molecule has 0 unspecified atom stereocenters. The van der Waals surface area contributed by atoms with E-state index in [9.17, 15) is 9.18 Å². The summed E-state index contributed by atoms with van der Waals surface area (Å²) in [5.74, 6) is 1.03. The Labute approximate surface area is 169 Å². The first-order valence-corrected chi connectivity index (χ1v) is 9.56. The molecule has 0 bridgehead atoms. The lowest BCUT2D eigenvalue weighted by Crippen LogP contribution is -2.01. The molecule has 0 aliphatic rings. The van der Waals surface area contributed by atoms with E-state index in [1.54, 1.807) is 12.1 Å². The van der Waals surface area contributed by atoms with Crippen molar-refractivity contribution in [2.75, 3.05) is 0 Å². The molecule has 150 valence electrons. The third kappa shape index (κ3) is 6.09. The molecule has 28 heavy (non-hydrogen) atoms. The Balaban J connectivity index is 0.00000171. The second-order valence-corrected chi connectivity index (χ2v) is 5.61. The zero-order valence-electron chi connectivity index (χ0n) is 17.8. The lowest BCUT2D eigenvalue weighted by Gasteiger charge is -2.07. The van der Waals surface area contributed by atoms with Crippen LogP contribution in [0.5, 0.6) is 0 Å². The number of rotatable bonds is 6. The molecule has 2 nitrogen and oxygen atoms in total. The second-order valence-electron chi connectivity index (χ2n) is 5.61. The van der Waals surface area contributed by atoms with Gasteiger partial charge in [-0.3, -0.25) is 4.79 Å². The summed E-state index contributed by atoms with van der Waals surface area (Å²) in [6.45, 7) is 11.6. The first-order chi connectivity index (χ1) is 13.5. The van der Waals surface area contributed by atoms with E-state index in [1.807, 2.05) is 59.8 Å². The fourth-order valence-electron chi connectivity index (χ4n) is 2.76. The van der Waals surface area contributed by atoms with Crippen molar-refractivity contribution < 1.29 is 13.6 Å². The molecule has 1 aromatic heterocycles. The van der Waals surface area contributed by atoms with Gasteiger partial charge in [0.2, 0.25) is 0 Å².